The van der Waals surface area contributed by atoms with Crippen LogP contribution in [0.2, 0.25) is 0 Å². The number of para-hydroxylation sites is 1. The molecule has 1 atom stereocenters. The number of hydrogen-bond donors (Lipinski definition) is 2. The molecule has 0 saturated heterocycles. The predicted molar refractivity (Wildman–Crippen MR) is 83.2 cm³/mol. The van der Waals surface area contributed by atoms with E-state index in [1.54, 1.807) is 0 Å². The molecular formula is C14H21N3OS. The number of thiocarbonyl (C=S) groups is 1. The van der Waals surface area contributed by atoms with Crippen molar-refractivity contribution in [3.05, 3.63) is 30.3 Å². The van der Waals surface area contributed by atoms with Crippen molar-refractivity contribution in [1.82, 2.24) is 4.90 Å². The summed E-state index contributed by atoms with van der Waals surface area (Å²) < 4.78 is 0. The highest BCUT2D eigenvalue weighted by atomic mass is 32.1. The Labute approximate surface area is 120 Å². The molecule has 104 valence electrons. The van der Waals surface area contributed by atoms with Gasteiger partial charge in [-0.3, -0.25) is 9.69 Å². The second kappa shape index (κ2) is 7.86. The number of nitrogens with two attached hydrogens (primary N) is 1. The number of amides is 1. The van der Waals surface area contributed by atoms with Gasteiger partial charge in [-0.2, -0.15) is 0 Å². The van der Waals surface area contributed by atoms with E-state index in [-0.39, 0.29) is 11.9 Å². The number of anilines is 1. The minimum Gasteiger partial charge on any atom is -0.393 e. The summed E-state index contributed by atoms with van der Waals surface area (Å²) in [7, 11) is 0. The van der Waals surface area contributed by atoms with Crippen LogP contribution in [-0.4, -0.2) is 34.9 Å². The molecule has 1 unspecified atom stereocenters. The lowest BCUT2D eigenvalue weighted by Gasteiger charge is -2.26. The van der Waals surface area contributed by atoms with Crippen LogP contribution in [0.5, 0.6) is 0 Å². The van der Waals surface area contributed by atoms with Crippen LogP contribution in [0.1, 0.15) is 20.3 Å². The first-order valence-corrected chi connectivity index (χ1v) is 6.83. The highest BCUT2D eigenvalue weighted by Crippen LogP contribution is 2.08. The van der Waals surface area contributed by atoms with Crippen molar-refractivity contribution in [3.8, 4) is 0 Å². The van der Waals surface area contributed by atoms with E-state index in [0.29, 0.717) is 18.0 Å². The third-order valence-electron chi connectivity index (χ3n) is 3.02. The van der Waals surface area contributed by atoms with Gasteiger partial charge >= 0.3 is 0 Å². The monoisotopic (exact) mass is 279 g/mol. The van der Waals surface area contributed by atoms with Crippen LogP contribution in [-0.2, 0) is 4.79 Å². The van der Waals surface area contributed by atoms with Crippen molar-refractivity contribution in [3.63, 3.8) is 0 Å². The van der Waals surface area contributed by atoms with Gasteiger partial charge in [0.15, 0.2) is 0 Å². The zero-order valence-electron chi connectivity index (χ0n) is 11.4. The summed E-state index contributed by atoms with van der Waals surface area (Å²) in [5.41, 5.74) is 6.31. The first kappa shape index (κ1) is 15.6. The normalized spacial score (nSPS) is 12.2. The largest absolute Gasteiger partial charge is 0.393 e. The van der Waals surface area contributed by atoms with Crippen LogP contribution in [0.3, 0.4) is 0 Å². The number of nitrogens with one attached hydrogen (secondary N) is 1. The Hall–Kier alpha value is -1.46. The molecule has 5 heteroatoms. The molecule has 1 aromatic rings. The second-order valence-electron chi connectivity index (χ2n) is 4.38. The number of benzene rings is 1. The molecule has 0 spiro atoms. The number of nitrogens with zero attached hydrogens (tertiary/aromatic N) is 1. The number of carbonyl (C=O) groups is 1. The predicted octanol–water partition coefficient (Wildman–Crippen LogP) is 2.01. The first-order valence-electron chi connectivity index (χ1n) is 6.42. The number of rotatable bonds is 7. The van der Waals surface area contributed by atoms with Gasteiger partial charge in [-0.25, -0.2) is 0 Å². The lowest BCUT2D eigenvalue weighted by molar-refractivity contribution is -0.120. The zero-order valence-corrected chi connectivity index (χ0v) is 12.2. The summed E-state index contributed by atoms with van der Waals surface area (Å²) in [6.07, 6.45) is 0.631. The molecule has 3 N–H and O–H groups in total. The van der Waals surface area contributed by atoms with Crippen molar-refractivity contribution in [1.29, 1.82) is 0 Å². The summed E-state index contributed by atoms with van der Waals surface area (Å²) in [6, 6.07) is 9.24. The molecule has 0 bridgehead atoms. The van der Waals surface area contributed by atoms with Gasteiger partial charge in [0.2, 0.25) is 5.91 Å². The molecule has 0 saturated carbocycles. The van der Waals surface area contributed by atoms with E-state index in [9.17, 15) is 4.79 Å². The minimum atomic E-state index is -0.209. The molecule has 1 amide bonds. The van der Waals surface area contributed by atoms with Gasteiger partial charge in [0.25, 0.3) is 0 Å². The summed E-state index contributed by atoms with van der Waals surface area (Å²) in [5.74, 6) is -0.0176. The van der Waals surface area contributed by atoms with Crippen LogP contribution in [0.15, 0.2) is 30.3 Å². The van der Waals surface area contributed by atoms with Crippen LogP contribution in [0.25, 0.3) is 0 Å². The van der Waals surface area contributed by atoms with Crippen LogP contribution in [0.4, 0.5) is 5.69 Å². The van der Waals surface area contributed by atoms with Crippen LogP contribution >= 0.6 is 12.2 Å². The molecule has 1 aromatic carbocycles. The fraction of sp³-hybridized carbons (Fsp3) is 0.429. The Morgan fingerprint density at radius 2 is 2.05 bits per heavy atom. The standard InChI is InChI=1S/C14H21N3OS/c1-3-17(10-9-13(15)19)11(2)14(18)16-12-7-5-4-6-8-12/h4-8,11H,3,9-10H2,1-2H3,(H2,15,19)(H,16,18). The maximum absolute atomic E-state index is 12.1. The Morgan fingerprint density at radius 3 is 2.58 bits per heavy atom. The Morgan fingerprint density at radius 1 is 1.42 bits per heavy atom. The average Bonchev–Trinajstić information content (AvgIpc) is 2.40. The van der Waals surface area contributed by atoms with Gasteiger partial charge < -0.3 is 11.1 Å². The topological polar surface area (TPSA) is 58.4 Å². The number of likely N-dealkylation sites (N-methyl/N-ethyl adjacent to an activating group) is 1. The lowest BCUT2D eigenvalue weighted by Crippen LogP contribution is -2.43. The number of hydrogen-bond acceptors (Lipinski definition) is 3. The van der Waals surface area contributed by atoms with Gasteiger partial charge in [0.05, 0.1) is 11.0 Å². The van der Waals surface area contributed by atoms with Crippen molar-refractivity contribution in [2.45, 2.75) is 26.3 Å². The zero-order chi connectivity index (χ0) is 14.3. The molecule has 1 rings (SSSR count). The fourth-order valence-corrected chi connectivity index (χ4v) is 1.90. The molecule has 0 aliphatic rings. The molecule has 0 aliphatic heterocycles. The van der Waals surface area contributed by atoms with E-state index in [1.807, 2.05) is 44.2 Å². The third-order valence-corrected chi connectivity index (χ3v) is 3.22. The highest BCUT2D eigenvalue weighted by molar-refractivity contribution is 7.80. The second-order valence-corrected chi connectivity index (χ2v) is 4.90. The van der Waals surface area contributed by atoms with Crippen molar-refractivity contribution >= 4 is 28.8 Å². The van der Waals surface area contributed by atoms with E-state index < -0.39 is 0 Å². The maximum Gasteiger partial charge on any atom is 0.241 e. The molecule has 0 fully saturated rings. The van der Waals surface area contributed by atoms with Crippen LogP contribution < -0.4 is 11.1 Å². The van der Waals surface area contributed by atoms with E-state index >= 15 is 0 Å². The Kier molecular flexibility index (Phi) is 6.45. The molecule has 0 heterocycles. The first-order chi connectivity index (χ1) is 9.04. The molecule has 4 nitrogen and oxygen atoms in total. The molecule has 0 aliphatic carbocycles. The van der Waals surface area contributed by atoms with Gasteiger partial charge in [0.1, 0.15) is 0 Å². The summed E-state index contributed by atoms with van der Waals surface area (Å²) >= 11 is 4.87. The van der Waals surface area contributed by atoms with Crippen LogP contribution in [0, 0.1) is 0 Å². The smallest absolute Gasteiger partial charge is 0.241 e. The van der Waals surface area contributed by atoms with E-state index in [1.165, 1.54) is 0 Å². The third kappa shape index (κ3) is 5.36. The average molecular weight is 279 g/mol. The van der Waals surface area contributed by atoms with Crippen molar-refractivity contribution in [2.75, 3.05) is 18.4 Å². The van der Waals surface area contributed by atoms with E-state index in [4.69, 9.17) is 18.0 Å². The highest BCUT2D eigenvalue weighted by Gasteiger charge is 2.19. The minimum absolute atomic E-state index is 0.0176. The van der Waals surface area contributed by atoms with Gasteiger partial charge in [-0.1, -0.05) is 37.3 Å². The molecule has 19 heavy (non-hydrogen) atoms. The quantitative estimate of drug-likeness (QED) is 0.750. The SMILES string of the molecule is CCN(CCC(N)=S)C(C)C(=O)Nc1ccccc1. The summed E-state index contributed by atoms with van der Waals surface area (Å²) in [5, 5.41) is 2.90. The van der Waals surface area contributed by atoms with E-state index in [2.05, 4.69) is 10.2 Å². The number of carbonyl (C=O) groups excluding carboxylic acids is 1. The Bertz CT molecular complexity index is 422. The molecule has 0 radical (unpaired) electrons. The van der Waals surface area contributed by atoms with Crippen molar-refractivity contribution < 1.29 is 4.79 Å². The lowest BCUT2D eigenvalue weighted by atomic mass is 10.2. The van der Waals surface area contributed by atoms with Gasteiger partial charge in [-0.05, 0) is 25.6 Å². The fourth-order valence-electron chi connectivity index (χ4n) is 1.81. The van der Waals surface area contributed by atoms with Crippen molar-refractivity contribution in [2.24, 2.45) is 5.73 Å². The Balaban J connectivity index is 2.56. The van der Waals surface area contributed by atoms with E-state index in [0.717, 1.165) is 12.2 Å². The molecule has 0 aromatic heterocycles. The van der Waals surface area contributed by atoms with Gasteiger partial charge in [0, 0.05) is 18.7 Å². The summed E-state index contributed by atoms with van der Waals surface area (Å²) in [6.45, 7) is 5.40. The van der Waals surface area contributed by atoms with Gasteiger partial charge in [-0.15, -0.1) is 0 Å². The summed E-state index contributed by atoms with van der Waals surface area (Å²) in [4.78, 5) is 14.7. The maximum atomic E-state index is 12.1. The molecular weight excluding hydrogens is 258 g/mol.